The second-order valence-corrected chi connectivity index (χ2v) is 0.925. The first-order valence-electron chi connectivity index (χ1n) is 1.90. The third kappa shape index (κ3) is 2290. The van der Waals surface area contributed by atoms with Crippen LogP contribution in [-0.4, -0.2) is 106 Å². The largest absolute Gasteiger partial charge is 0.466 e. The van der Waals surface area contributed by atoms with Crippen LogP contribution in [0, 0.1) is 0 Å². The van der Waals surface area contributed by atoms with Gasteiger partial charge in [-0.2, -0.15) is 0 Å². The summed E-state index contributed by atoms with van der Waals surface area (Å²) in [7, 11) is 0. The van der Waals surface area contributed by atoms with Crippen molar-refractivity contribution in [1.29, 1.82) is 0 Å². The zero-order valence-electron chi connectivity index (χ0n) is 12.5. The lowest BCUT2D eigenvalue weighted by molar-refractivity contribution is -0.140. The van der Waals surface area contributed by atoms with Crippen molar-refractivity contribution in [1.82, 2.24) is 0 Å². The molecular weight excluding hydrogens is 352 g/mol. The van der Waals surface area contributed by atoms with Crippen LogP contribution in [0.4, 0.5) is 0 Å². The van der Waals surface area contributed by atoms with E-state index in [1.165, 1.54) is 6.92 Å². The van der Waals surface area contributed by atoms with Gasteiger partial charge in [0.15, 0.2) is 0 Å². The summed E-state index contributed by atoms with van der Waals surface area (Å²) in [6, 6.07) is 0. The molecule has 0 saturated carbocycles. The molecule has 0 unspecified atom stereocenters. The van der Waals surface area contributed by atoms with Crippen molar-refractivity contribution >= 4 is 5.97 Å². The highest BCUT2D eigenvalue weighted by Crippen LogP contribution is 1.69. The van der Waals surface area contributed by atoms with Crippen molar-refractivity contribution in [2.75, 3.05) is 6.61 Å². The van der Waals surface area contributed by atoms with E-state index >= 15 is 0 Å². The summed E-state index contributed by atoms with van der Waals surface area (Å²) in [5.41, 5.74) is 0. The van der Waals surface area contributed by atoms with E-state index in [1.54, 1.807) is 6.92 Å². The summed E-state index contributed by atoms with van der Waals surface area (Å²) in [6.07, 6.45) is 0. The maximum atomic E-state index is 9.82. The molecule has 23 heavy (non-hydrogen) atoms. The molecule has 0 saturated heterocycles. The lowest BCUT2D eigenvalue weighted by Crippen LogP contribution is -1.95. The molecular formula is C4H42O19. The number of ether oxygens (including phenoxy) is 1. The van der Waals surface area contributed by atoms with E-state index < -0.39 is 0 Å². The molecule has 0 aromatic carbocycles. The van der Waals surface area contributed by atoms with Gasteiger partial charge in [-0.3, -0.25) is 4.79 Å². The second kappa shape index (κ2) is 567. The standard InChI is InChI=1S/C4H8O2.17H2O/c1-3-6-4(2)5;;;;;;;;;;;;;;;;;/h3H2,1-2H3;17*1H2. The Morgan fingerprint density at radius 3 is 0.652 bits per heavy atom. The van der Waals surface area contributed by atoms with Crippen molar-refractivity contribution in [2.45, 2.75) is 13.8 Å². The van der Waals surface area contributed by atoms with Gasteiger partial charge < -0.3 is 97.8 Å². The summed E-state index contributed by atoms with van der Waals surface area (Å²) in [4.78, 5) is 9.82. The normalized spacial score (nSPS) is 2.00. The molecule has 0 amide bonds. The number of carbonyl (C=O) groups is 1. The van der Waals surface area contributed by atoms with E-state index in [9.17, 15) is 4.79 Å². The third-order valence-electron chi connectivity index (χ3n) is 0.348. The highest BCUT2D eigenvalue weighted by molar-refractivity contribution is 5.65. The maximum absolute atomic E-state index is 9.82. The van der Waals surface area contributed by atoms with Gasteiger partial charge in [0.25, 0.3) is 0 Å². The molecule has 0 aliphatic heterocycles. The summed E-state index contributed by atoms with van der Waals surface area (Å²) >= 11 is 0. The lowest BCUT2D eigenvalue weighted by atomic mass is 10.8. The smallest absolute Gasteiger partial charge is 0.302 e. The molecule has 0 aliphatic rings. The van der Waals surface area contributed by atoms with Crippen LogP contribution in [0.15, 0.2) is 0 Å². The minimum atomic E-state index is -0.211. The maximum Gasteiger partial charge on any atom is 0.302 e. The Kier molecular flexibility index (Phi) is 16200. The Morgan fingerprint density at radius 2 is 0.652 bits per heavy atom. The minimum Gasteiger partial charge on any atom is -0.466 e. The van der Waals surface area contributed by atoms with Crippen molar-refractivity contribution < 1.29 is 103 Å². The van der Waals surface area contributed by atoms with Crippen LogP contribution in [0.2, 0.25) is 0 Å². The summed E-state index contributed by atoms with van der Waals surface area (Å²) in [5, 5.41) is 0. The Morgan fingerprint density at radius 1 is 0.522 bits per heavy atom. The molecule has 0 fully saturated rings. The fraction of sp³-hybridized carbons (Fsp3) is 0.750. The highest BCUT2D eigenvalue weighted by Gasteiger charge is 1.81. The number of rotatable bonds is 1. The molecule has 0 atom stereocenters. The second-order valence-electron chi connectivity index (χ2n) is 0.925. The lowest BCUT2D eigenvalue weighted by Gasteiger charge is -1.89. The van der Waals surface area contributed by atoms with Crippen molar-refractivity contribution in [2.24, 2.45) is 0 Å². The van der Waals surface area contributed by atoms with E-state index in [0.29, 0.717) is 6.61 Å². The average Bonchev–Trinajstić information content (AvgIpc) is 1.35. The molecule has 0 aromatic heterocycles. The van der Waals surface area contributed by atoms with E-state index in [2.05, 4.69) is 4.74 Å². The summed E-state index contributed by atoms with van der Waals surface area (Å²) in [6.45, 7) is 3.65. The van der Waals surface area contributed by atoms with Crippen LogP contribution in [0.25, 0.3) is 0 Å². The third-order valence-corrected chi connectivity index (χ3v) is 0.348. The van der Waals surface area contributed by atoms with Crippen LogP contribution < -0.4 is 0 Å². The van der Waals surface area contributed by atoms with Gasteiger partial charge in [-0.25, -0.2) is 0 Å². The molecule has 0 rings (SSSR count). The van der Waals surface area contributed by atoms with Crippen molar-refractivity contribution in [3.63, 3.8) is 0 Å². The Hall–Kier alpha value is -1.21. The Bertz CT molecular complexity index is 59.3. The van der Waals surface area contributed by atoms with Crippen molar-refractivity contribution in [3.8, 4) is 0 Å². The van der Waals surface area contributed by atoms with E-state index in [-0.39, 0.29) is 99.1 Å². The number of hydrogen-bond acceptors (Lipinski definition) is 2. The van der Waals surface area contributed by atoms with Crippen LogP contribution >= 0.6 is 0 Å². The first kappa shape index (κ1) is 656. The summed E-state index contributed by atoms with van der Waals surface area (Å²) in [5.74, 6) is -0.211. The average molecular weight is 394 g/mol. The Labute approximate surface area is 130 Å². The molecule has 0 aromatic rings. The van der Waals surface area contributed by atoms with Gasteiger partial charge in [0.2, 0.25) is 0 Å². The minimum absolute atomic E-state index is 0. The SMILES string of the molecule is CCOC(C)=O.O.O.O.O.O.O.O.O.O.O.O.O.O.O.O.O.O. The van der Waals surface area contributed by atoms with Gasteiger partial charge in [-0.1, -0.05) is 0 Å². The number of hydrogen-bond donors (Lipinski definition) is 0. The zero-order valence-corrected chi connectivity index (χ0v) is 12.5. The van der Waals surface area contributed by atoms with Crippen LogP contribution in [0.5, 0.6) is 0 Å². The van der Waals surface area contributed by atoms with E-state index in [0.717, 1.165) is 0 Å². The van der Waals surface area contributed by atoms with Gasteiger partial charge in [0.1, 0.15) is 0 Å². The first-order valence-corrected chi connectivity index (χ1v) is 1.90. The van der Waals surface area contributed by atoms with Gasteiger partial charge in [0, 0.05) is 6.92 Å². The molecule has 0 bridgehead atoms. The predicted molar refractivity (Wildman–Crippen MR) is 83.7 cm³/mol. The predicted octanol–water partition coefficient (Wildman–Crippen LogP) is -13.5. The Balaban J connectivity index is -0.000000000919. The van der Waals surface area contributed by atoms with Crippen LogP contribution in [0.1, 0.15) is 13.8 Å². The first-order chi connectivity index (χ1) is 2.77. The van der Waals surface area contributed by atoms with Crippen LogP contribution in [0.3, 0.4) is 0 Å². The number of esters is 1. The van der Waals surface area contributed by atoms with Gasteiger partial charge >= 0.3 is 5.97 Å². The summed E-state index contributed by atoms with van der Waals surface area (Å²) < 4.78 is 4.40. The van der Waals surface area contributed by atoms with Crippen LogP contribution in [-0.2, 0) is 9.53 Å². The molecule has 34 N–H and O–H groups in total. The monoisotopic (exact) mass is 394 g/mol. The van der Waals surface area contributed by atoms with Crippen molar-refractivity contribution in [3.05, 3.63) is 0 Å². The van der Waals surface area contributed by atoms with Gasteiger partial charge in [-0.15, -0.1) is 0 Å². The van der Waals surface area contributed by atoms with E-state index in [4.69, 9.17) is 0 Å². The fourth-order valence-electron chi connectivity index (χ4n) is 0.203. The molecule has 19 nitrogen and oxygen atoms in total. The molecule has 0 aliphatic carbocycles. The van der Waals surface area contributed by atoms with E-state index in [1.807, 2.05) is 0 Å². The quantitative estimate of drug-likeness (QED) is 0.390. The zero-order chi connectivity index (χ0) is 4.99. The molecule has 0 spiro atoms. The topological polar surface area (TPSA) is 562 Å². The number of carbonyl (C=O) groups excluding carboxylic acids is 1. The molecule has 0 radical (unpaired) electrons. The molecule has 0 heterocycles. The highest BCUT2D eigenvalue weighted by atomic mass is 16.5. The molecule has 172 valence electrons. The molecule has 19 heteroatoms. The van der Waals surface area contributed by atoms with Gasteiger partial charge in [-0.05, 0) is 6.92 Å². The van der Waals surface area contributed by atoms with Gasteiger partial charge in [0.05, 0.1) is 6.61 Å². The fourth-order valence-corrected chi connectivity index (χ4v) is 0.203.